The highest BCUT2D eigenvalue weighted by molar-refractivity contribution is 7.09. The number of rotatable bonds is 24. The number of carboxylic acid groups (broad SMARTS) is 1. The van der Waals surface area contributed by atoms with E-state index in [9.17, 15) is 33.9 Å². The Balaban J connectivity index is 1.79. The number of ether oxygens (including phenoxy) is 2. The van der Waals surface area contributed by atoms with Crippen LogP contribution in [0, 0.1) is 17.8 Å². The Hall–Kier alpha value is -4.45. The van der Waals surface area contributed by atoms with Crippen molar-refractivity contribution >= 4 is 53.0 Å². The first kappa shape index (κ1) is 47.9. The Morgan fingerprint density at radius 2 is 1.76 bits per heavy atom. The number of nitrogens with one attached hydrogen (secondary N) is 4. The van der Waals surface area contributed by atoms with Gasteiger partial charge in [0.1, 0.15) is 29.6 Å². The molecular weight excluding hydrogens is 767 g/mol. The summed E-state index contributed by atoms with van der Waals surface area (Å²) in [5.74, 6) is -3.16. The molecule has 58 heavy (non-hydrogen) atoms. The number of likely N-dealkylation sites (N-methyl/N-ethyl adjacent to an activating group) is 1. The van der Waals surface area contributed by atoms with Crippen LogP contribution in [0.2, 0.25) is 0 Å². The molecule has 0 aliphatic carbocycles. The maximum Gasteiger partial charge on any atom is 0.306 e. The van der Waals surface area contributed by atoms with Gasteiger partial charge in [0.15, 0.2) is 0 Å². The van der Waals surface area contributed by atoms with Crippen LogP contribution in [0.5, 0.6) is 0 Å². The smallest absolute Gasteiger partial charge is 0.306 e. The fourth-order valence-corrected chi connectivity index (χ4v) is 8.01. The molecule has 17 heteroatoms. The first-order valence-corrected chi connectivity index (χ1v) is 20.9. The fraction of sp³-hybridized carbons (Fsp3) is 0.634. The van der Waals surface area contributed by atoms with Gasteiger partial charge in [0.2, 0.25) is 24.1 Å². The Kier molecular flexibility index (Phi) is 19.7. The molecule has 3 rings (SSSR count). The van der Waals surface area contributed by atoms with E-state index in [1.165, 1.54) is 18.4 Å². The van der Waals surface area contributed by atoms with Crippen molar-refractivity contribution in [2.75, 3.05) is 46.4 Å². The van der Waals surface area contributed by atoms with Crippen LogP contribution < -0.4 is 21.3 Å². The molecule has 0 bridgehead atoms. The number of hydrogen-bond donors (Lipinski definition) is 5. The third kappa shape index (κ3) is 14.1. The number of thiazole rings is 1. The van der Waals surface area contributed by atoms with Gasteiger partial charge in [0.05, 0.1) is 18.5 Å². The highest BCUT2D eigenvalue weighted by Gasteiger charge is 2.38. The number of methoxy groups -OCH3 is 2. The van der Waals surface area contributed by atoms with Gasteiger partial charge in [0, 0.05) is 43.8 Å². The lowest BCUT2D eigenvalue weighted by Crippen LogP contribution is -2.59. The summed E-state index contributed by atoms with van der Waals surface area (Å²) >= 11 is 1.25. The maximum absolute atomic E-state index is 14.5. The summed E-state index contributed by atoms with van der Waals surface area (Å²) in [7, 11) is 5.02. The first-order chi connectivity index (χ1) is 27.6. The highest BCUT2D eigenvalue weighted by Crippen LogP contribution is 2.31. The molecule has 1 fully saturated rings. The van der Waals surface area contributed by atoms with Crippen molar-refractivity contribution in [1.29, 1.82) is 0 Å². The summed E-state index contributed by atoms with van der Waals surface area (Å²) in [6.45, 7) is 10.2. The lowest BCUT2D eigenvalue weighted by molar-refractivity contribution is -0.148. The number of anilines is 1. The quantitative estimate of drug-likeness (QED) is 0.0759. The largest absolute Gasteiger partial charge is 0.481 e. The second-order valence-electron chi connectivity index (χ2n) is 15.5. The molecule has 0 saturated carbocycles. The molecule has 5 N–H and O–H groups in total. The number of likely N-dealkylation sites (tertiary alicyclic amines) is 1. The Bertz CT molecular complexity index is 1660. The number of nitrogens with zero attached hydrogens (tertiary/aromatic N) is 3. The zero-order valence-corrected chi connectivity index (χ0v) is 35.9. The van der Waals surface area contributed by atoms with Crippen molar-refractivity contribution in [3.05, 3.63) is 45.9 Å². The number of amides is 5. The third-order valence-corrected chi connectivity index (χ3v) is 11.7. The molecule has 0 spiro atoms. The van der Waals surface area contributed by atoms with E-state index >= 15 is 0 Å². The molecule has 1 aliphatic rings. The zero-order chi connectivity index (χ0) is 42.9. The first-order valence-electron chi connectivity index (χ1n) is 20.0. The average molecular weight is 830 g/mol. The van der Waals surface area contributed by atoms with Crippen molar-refractivity contribution < 1.29 is 43.3 Å². The summed E-state index contributed by atoms with van der Waals surface area (Å²) in [5, 5.41) is 22.9. The Morgan fingerprint density at radius 1 is 1.05 bits per heavy atom. The number of piperidine rings is 1. The molecule has 2 heterocycles. The van der Waals surface area contributed by atoms with Gasteiger partial charge in [-0.25, -0.2) is 4.98 Å². The van der Waals surface area contributed by atoms with Crippen LogP contribution in [0.25, 0.3) is 0 Å². The van der Waals surface area contributed by atoms with Gasteiger partial charge in [-0.05, 0) is 68.8 Å². The van der Waals surface area contributed by atoms with Crippen molar-refractivity contribution in [3.63, 3.8) is 0 Å². The van der Waals surface area contributed by atoms with E-state index in [2.05, 4.69) is 26.3 Å². The molecule has 7 atom stereocenters. The predicted octanol–water partition coefficient (Wildman–Crippen LogP) is 3.83. The molecule has 2 aromatic rings. The number of carbonyl (C=O) groups excluding carboxylic acids is 5. The number of aromatic nitrogens is 1. The molecule has 1 saturated heterocycles. The number of carboxylic acids is 1. The number of benzene rings is 1. The predicted molar refractivity (Wildman–Crippen MR) is 221 cm³/mol. The lowest BCUT2D eigenvalue weighted by atomic mass is 9.92. The fourth-order valence-electron chi connectivity index (χ4n) is 7.12. The summed E-state index contributed by atoms with van der Waals surface area (Å²) in [4.78, 5) is 84.3. The second kappa shape index (κ2) is 23.8. The number of carbonyl (C=O) groups is 6. The van der Waals surface area contributed by atoms with Crippen LogP contribution in [-0.4, -0.2) is 121 Å². The molecule has 1 unspecified atom stereocenters. The molecule has 1 aromatic carbocycles. The van der Waals surface area contributed by atoms with E-state index in [1.807, 2.05) is 39.6 Å². The van der Waals surface area contributed by atoms with Crippen LogP contribution >= 0.6 is 11.3 Å². The van der Waals surface area contributed by atoms with Gasteiger partial charge in [-0.1, -0.05) is 59.6 Å². The topological polar surface area (TPSA) is 209 Å². The second-order valence-corrected chi connectivity index (χ2v) is 16.4. The average Bonchev–Trinajstić information content (AvgIpc) is 3.69. The van der Waals surface area contributed by atoms with Gasteiger partial charge in [-0.2, -0.15) is 0 Å². The SMILES string of the molecule is CC[C@H](C)[C@H](NC(=O)[C@H]1CCCCN1C)C(=O)N(COC)[C@H](C[C@@H](OC)c1nc(C(=O)N[C@@H](Cc2ccc(NC(=O)CNC=O)cc2)CC(C)C(=O)O)cs1)C(C)C. The van der Waals surface area contributed by atoms with Gasteiger partial charge < -0.3 is 40.7 Å². The minimum absolute atomic E-state index is 0.00216. The van der Waals surface area contributed by atoms with Crippen molar-refractivity contribution in [2.45, 2.75) is 110 Å². The third-order valence-electron chi connectivity index (χ3n) is 10.8. The van der Waals surface area contributed by atoms with E-state index in [-0.39, 0.29) is 61.1 Å². The highest BCUT2D eigenvalue weighted by atomic mass is 32.1. The lowest BCUT2D eigenvalue weighted by Gasteiger charge is -2.39. The van der Waals surface area contributed by atoms with Crippen LogP contribution in [0.15, 0.2) is 29.6 Å². The van der Waals surface area contributed by atoms with Gasteiger partial charge in [0.25, 0.3) is 5.91 Å². The molecular formula is C41H63N7O9S. The zero-order valence-electron chi connectivity index (χ0n) is 35.1. The summed E-state index contributed by atoms with van der Waals surface area (Å²) < 4.78 is 11.5. The van der Waals surface area contributed by atoms with Crippen molar-refractivity contribution in [1.82, 2.24) is 30.7 Å². The number of hydrogen-bond acceptors (Lipinski definition) is 11. The van der Waals surface area contributed by atoms with Gasteiger partial charge >= 0.3 is 5.97 Å². The summed E-state index contributed by atoms with van der Waals surface area (Å²) in [6.07, 6.45) is 4.08. The molecule has 1 aliphatic heterocycles. The summed E-state index contributed by atoms with van der Waals surface area (Å²) in [5.41, 5.74) is 1.47. The van der Waals surface area contributed by atoms with E-state index in [0.717, 1.165) is 31.4 Å². The number of aliphatic carboxylic acids is 1. The van der Waals surface area contributed by atoms with Crippen LogP contribution in [0.1, 0.15) is 100 Å². The summed E-state index contributed by atoms with van der Waals surface area (Å²) in [6, 6.07) is 4.93. The molecule has 1 aromatic heterocycles. The van der Waals surface area contributed by atoms with E-state index in [4.69, 9.17) is 9.47 Å². The maximum atomic E-state index is 14.5. The minimum Gasteiger partial charge on any atom is -0.481 e. The van der Waals surface area contributed by atoms with Crippen molar-refractivity contribution in [2.24, 2.45) is 17.8 Å². The molecule has 322 valence electrons. The minimum atomic E-state index is -0.990. The van der Waals surface area contributed by atoms with E-state index in [1.54, 1.807) is 48.6 Å². The van der Waals surface area contributed by atoms with E-state index < -0.39 is 41.9 Å². The van der Waals surface area contributed by atoms with E-state index in [0.29, 0.717) is 36.4 Å². The monoisotopic (exact) mass is 829 g/mol. The Labute approximate surface area is 346 Å². The molecule has 16 nitrogen and oxygen atoms in total. The van der Waals surface area contributed by atoms with Gasteiger partial charge in [-0.3, -0.25) is 33.7 Å². The van der Waals surface area contributed by atoms with Crippen LogP contribution in [0.3, 0.4) is 0 Å². The van der Waals surface area contributed by atoms with Crippen molar-refractivity contribution in [3.8, 4) is 0 Å². The molecule has 5 amide bonds. The Morgan fingerprint density at radius 3 is 2.34 bits per heavy atom. The standard InChI is InChI=1S/C41H63N7O9S/c1-9-26(4)36(46-38(52)32-12-10-11-17-47(32)6)40(53)48(24-56-7)33(25(2)3)20-34(57-8)39-45-31(22-58-39)37(51)44-30(18-27(5)41(54)55)19-28-13-15-29(16-14-28)43-35(50)21-42-23-49/h13-16,22-23,25-27,30,32-34,36H,9-12,17-21,24H2,1-8H3,(H,42,49)(H,43,50)(H,44,51)(H,46,52)(H,54,55)/t26-,27?,30+,32+,33+,34+,36-/m0/s1. The molecule has 0 radical (unpaired) electrons. The van der Waals surface area contributed by atoms with Gasteiger partial charge in [-0.15, -0.1) is 11.3 Å². The van der Waals surface area contributed by atoms with Crippen LogP contribution in [-0.2, 0) is 39.9 Å². The normalized spacial score (nSPS) is 17.6. The van der Waals surface area contributed by atoms with Crippen LogP contribution in [0.4, 0.5) is 5.69 Å².